The quantitative estimate of drug-likeness (QED) is 0.876. The highest BCUT2D eigenvalue weighted by Gasteiger charge is 2.05. The van der Waals surface area contributed by atoms with Crippen LogP contribution in [0.3, 0.4) is 0 Å². The molecule has 0 aliphatic carbocycles. The van der Waals surface area contributed by atoms with E-state index in [-0.39, 0.29) is 6.54 Å². The first-order valence-electron chi connectivity index (χ1n) is 5.42. The first-order chi connectivity index (χ1) is 9.04. The predicted molar refractivity (Wildman–Crippen MR) is 69.4 cm³/mol. The molecule has 1 aromatic heterocycles. The zero-order chi connectivity index (χ0) is 13.8. The van der Waals surface area contributed by atoms with Crippen LogP contribution in [0, 0.1) is 5.82 Å². The third-order valence-electron chi connectivity index (χ3n) is 2.43. The second-order valence-corrected chi connectivity index (χ2v) is 4.31. The molecule has 4 nitrogen and oxygen atoms in total. The van der Waals surface area contributed by atoms with Crippen LogP contribution in [0.15, 0.2) is 36.7 Å². The molecule has 1 aromatic carbocycles. The van der Waals surface area contributed by atoms with Gasteiger partial charge < -0.3 is 5.11 Å². The number of hydrogen-bond donors (Lipinski definition) is 1. The van der Waals surface area contributed by atoms with Gasteiger partial charge in [-0.1, -0.05) is 23.7 Å². The SMILES string of the molecule is O=C(O)C=Cc1ccc(Cn2cc(Cl)cn2)c(F)c1. The van der Waals surface area contributed by atoms with E-state index in [1.807, 2.05) is 0 Å². The Bertz CT molecular complexity index is 637. The van der Waals surface area contributed by atoms with Crippen molar-refractivity contribution >= 4 is 23.6 Å². The Morgan fingerprint density at radius 3 is 2.89 bits per heavy atom. The second-order valence-electron chi connectivity index (χ2n) is 3.88. The molecular formula is C13H10ClFN2O2. The standard InChI is InChI=1S/C13H10ClFN2O2/c14-11-6-16-17(8-11)7-10-3-1-9(5-12(10)15)2-4-13(18)19/h1-6,8H,7H2,(H,18,19). The smallest absolute Gasteiger partial charge is 0.328 e. The van der Waals surface area contributed by atoms with Gasteiger partial charge in [0.15, 0.2) is 0 Å². The Morgan fingerprint density at radius 1 is 1.53 bits per heavy atom. The summed E-state index contributed by atoms with van der Waals surface area (Å²) in [6, 6.07) is 4.51. The number of aromatic nitrogens is 2. The van der Waals surface area contributed by atoms with Gasteiger partial charge in [-0.2, -0.15) is 5.10 Å². The molecule has 0 spiro atoms. The molecule has 0 amide bonds. The van der Waals surface area contributed by atoms with Crippen molar-refractivity contribution in [3.63, 3.8) is 0 Å². The molecule has 6 heteroatoms. The number of rotatable bonds is 4. The Morgan fingerprint density at radius 2 is 2.32 bits per heavy atom. The van der Waals surface area contributed by atoms with Crippen LogP contribution in [0.5, 0.6) is 0 Å². The number of halogens is 2. The van der Waals surface area contributed by atoms with Crippen molar-refractivity contribution in [2.75, 3.05) is 0 Å². The van der Waals surface area contributed by atoms with E-state index in [0.717, 1.165) is 6.08 Å². The van der Waals surface area contributed by atoms with E-state index in [1.54, 1.807) is 18.3 Å². The number of benzene rings is 1. The second kappa shape index (κ2) is 5.67. The van der Waals surface area contributed by atoms with E-state index in [0.29, 0.717) is 16.1 Å². The Hall–Kier alpha value is -2.14. The highest BCUT2D eigenvalue weighted by atomic mass is 35.5. The molecule has 19 heavy (non-hydrogen) atoms. The summed E-state index contributed by atoms with van der Waals surface area (Å²) >= 11 is 5.72. The van der Waals surface area contributed by atoms with Gasteiger partial charge in [0, 0.05) is 17.8 Å². The van der Waals surface area contributed by atoms with Gasteiger partial charge in [0.2, 0.25) is 0 Å². The van der Waals surface area contributed by atoms with Crippen LogP contribution < -0.4 is 0 Å². The Labute approximate surface area is 113 Å². The maximum atomic E-state index is 13.8. The summed E-state index contributed by atoms with van der Waals surface area (Å²) in [5.41, 5.74) is 0.939. The van der Waals surface area contributed by atoms with Crippen LogP contribution in [0.25, 0.3) is 6.08 Å². The number of hydrogen-bond acceptors (Lipinski definition) is 2. The lowest BCUT2D eigenvalue weighted by molar-refractivity contribution is -0.131. The average Bonchev–Trinajstić information content (AvgIpc) is 2.75. The van der Waals surface area contributed by atoms with Gasteiger partial charge >= 0.3 is 5.97 Å². The van der Waals surface area contributed by atoms with Crippen LogP contribution in [-0.4, -0.2) is 20.9 Å². The van der Waals surface area contributed by atoms with E-state index >= 15 is 0 Å². The van der Waals surface area contributed by atoms with Crippen LogP contribution in [0.1, 0.15) is 11.1 Å². The normalized spacial score (nSPS) is 11.1. The van der Waals surface area contributed by atoms with Crippen molar-refractivity contribution in [1.82, 2.24) is 9.78 Å². The van der Waals surface area contributed by atoms with Gasteiger partial charge in [0.05, 0.1) is 17.8 Å². The average molecular weight is 281 g/mol. The van der Waals surface area contributed by atoms with Crippen LogP contribution in [0.4, 0.5) is 4.39 Å². The molecule has 0 radical (unpaired) electrons. The molecule has 0 bridgehead atoms. The van der Waals surface area contributed by atoms with Gasteiger partial charge in [-0.3, -0.25) is 4.68 Å². The largest absolute Gasteiger partial charge is 0.478 e. The van der Waals surface area contributed by atoms with Crippen LogP contribution >= 0.6 is 11.6 Å². The molecule has 98 valence electrons. The van der Waals surface area contributed by atoms with Crippen molar-refractivity contribution in [2.24, 2.45) is 0 Å². The summed E-state index contributed by atoms with van der Waals surface area (Å²) in [5, 5.41) is 12.9. The molecule has 0 saturated heterocycles. The minimum Gasteiger partial charge on any atom is -0.478 e. The minimum absolute atomic E-state index is 0.265. The predicted octanol–water partition coefficient (Wildman–Crippen LogP) is 2.82. The van der Waals surface area contributed by atoms with Gasteiger partial charge in [-0.15, -0.1) is 0 Å². The van der Waals surface area contributed by atoms with E-state index in [9.17, 15) is 9.18 Å². The first kappa shape index (κ1) is 13.3. The fourth-order valence-corrected chi connectivity index (χ4v) is 1.72. The highest BCUT2D eigenvalue weighted by molar-refractivity contribution is 6.30. The topological polar surface area (TPSA) is 55.1 Å². The third-order valence-corrected chi connectivity index (χ3v) is 2.62. The van der Waals surface area contributed by atoms with Crippen molar-refractivity contribution in [3.8, 4) is 0 Å². The number of carbonyl (C=O) groups is 1. The monoisotopic (exact) mass is 280 g/mol. The lowest BCUT2D eigenvalue weighted by Gasteiger charge is -2.04. The van der Waals surface area contributed by atoms with Crippen LogP contribution in [-0.2, 0) is 11.3 Å². The van der Waals surface area contributed by atoms with E-state index in [4.69, 9.17) is 16.7 Å². The van der Waals surface area contributed by atoms with Crippen molar-refractivity contribution in [3.05, 3.63) is 58.6 Å². The summed E-state index contributed by atoms with van der Waals surface area (Å²) < 4.78 is 15.3. The number of carboxylic acids is 1. The zero-order valence-corrected chi connectivity index (χ0v) is 10.5. The summed E-state index contributed by atoms with van der Waals surface area (Å²) in [4.78, 5) is 10.4. The fraction of sp³-hybridized carbons (Fsp3) is 0.0769. The molecular weight excluding hydrogens is 271 g/mol. The lowest BCUT2D eigenvalue weighted by atomic mass is 10.1. The molecule has 0 fully saturated rings. The first-order valence-corrected chi connectivity index (χ1v) is 5.80. The summed E-state index contributed by atoms with van der Waals surface area (Å²) in [6.45, 7) is 0.265. The van der Waals surface area contributed by atoms with Gasteiger partial charge in [0.25, 0.3) is 0 Å². The summed E-state index contributed by atoms with van der Waals surface area (Å²) in [6.07, 6.45) is 5.37. The number of carboxylic acid groups (broad SMARTS) is 1. The summed E-state index contributed by atoms with van der Waals surface area (Å²) in [5.74, 6) is -1.49. The molecule has 0 unspecified atom stereocenters. The van der Waals surface area contributed by atoms with E-state index < -0.39 is 11.8 Å². The molecule has 1 N–H and O–H groups in total. The maximum Gasteiger partial charge on any atom is 0.328 e. The summed E-state index contributed by atoms with van der Waals surface area (Å²) in [7, 11) is 0. The molecule has 0 aliphatic heterocycles. The number of nitrogens with zero attached hydrogens (tertiary/aromatic N) is 2. The Kier molecular flexibility index (Phi) is 3.97. The van der Waals surface area contributed by atoms with Crippen LogP contribution in [0.2, 0.25) is 5.02 Å². The lowest BCUT2D eigenvalue weighted by Crippen LogP contribution is -2.02. The Balaban J connectivity index is 2.17. The molecule has 2 aromatic rings. The van der Waals surface area contributed by atoms with Crippen molar-refractivity contribution in [1.29, 1.82) is 0 Å². The van der Waals surface area contributed by atoms with Gasteiger partial charge in [0.1, 0.15) is 5.82 Å². The van der Waals surface area contributed by atoms with Gasteiger partial charge in [-0.25, -0.2) is 9.18 Å². The molecule has 2 rings (SSSR count). The maximum absolute atomic E-state index is 13.8. The molecule has 1 heterocycles. The number of aliphatic carboxylic acids is 1. The fourth-order valence-electron chi connectivity index (χ4n) is 1.56. The van der Waals surface area contributed by atoms with E-state index in [1.165, 1.54) is 23.0 Å². The van der Waals surface area contributed by atoms with Crippen molar-refractivity contribution < 1.29 is 14.3 Å². The third kappa shape index (κ3) is 3.66. The molecule has 0 atom stereocenters. The zero-order valence-electron chi connectivity index (χ0n) is 9.75. The minimum atomic E-state index is -1.07. The van der Waals surface area contributed by atoms with Gasteiger partial charge in [-0.05, 0) is 17.7 Å². The molecule has 0 aliphatic rings. The van der Waals surface area contributed by atoms with Crippen molar-refractivity contribution in [2.45, 2.75) is 6.54 Å². The van der Waals surface area contributed by atoms with E-state index in [2.05, 4.69) is 5.10 Å². The highest BCUT2D eigenvalue weighted by Crippen LogP contribution is 2.14. The molecule has 0 saturated carbocycles.